The Hall–Kier alpha value is -2.10. The van der Waals surface area contributed by atoms with E-state index in [1.54, 1.807) is 12.1 Å². The van der Waals surface area contributed by atoms with Gasteiger partial charge in [-0.15, -0.1) is 0 Å². The number of aromatic carboxylic acids is 1. The molecule has 2 aromatic rings. The van der Waals surface area contributed by atoms with Crippen LogP contribution >= 0.6 is 0 Å². The van der Waals surface area contributed by atoms with Crippen LogP contribution in [-0.2, 0) is 6.54 Å². The number of carboxylic acid groups (broad SMARTS) is 1. The normalized spacial score (nSPS) is 10.8. The van der Waals surface area contributed by atoms with Gasteiger partial charge in [-0.05, 0) is 44.4 Å². The van der Waals surface area contributed by atoms with Gasteiger partial charge in [0.05, 0.1) is 11.3 Å². The number of hydrogen-bond donors (Lipinski definition) is 1. The van der Waals surface area contributed by atoms with E-state index >= 15 is 0 Å². The Balaban J connectivity index is 2.63. The Morgan fingerprint density at radius 1 is 1.30 bits per heavy atom. The van der Waals surface area contributed by atoms with Gasteiger partial charge in [-0.25, -0.2) is 4.79 Å². The maximum Gasteiger partial charge on any atom is 0.335 e. The van der Waals surface area contributed by atoms with Crippen molar-refractivity contribution in [3.8, 4) is 11.1 Å². The maximum absolute atomic E-state index is 11.3. The lowest BCUT2D eigenvalue weighted by Crippen LogP contribution is -2.02. The molecule has 0 amide bonds. The molecule has 20 heavy (non-hydrogen) atoms. The quantitative estimate of drug-likeness (QED) is 0.925. The molecule has 4 heteroatoms. The Kier molecular flexibility index (Phi) is 3.93. The zero-order chi connectivity index (χ0) is 14.9. The molecule has 2 rings (SSSR count). The molecule has 0 saturated carbocycles. The molecule has 0 radical (unpaired) electrons. The molecule has 1 aromatic heterocycles. The van der Waals surface area contributed by atoms with Crippen LogP contribution in [0.4, 0.5) is 0 Å². The summed E-state index contributed by atoms with van der Waals surface area (Å²) in [4.78, 5) is 11.3. The molecule has 1 aromatic carbocycles. The number of aryl methyl sites for hydroxylation is 2. The number of carbonyl (C=O) groups is 1. The average Bonchev–Trinajstić information content (AvgIpc) is 2.66. The summed E-state index contributed by atoms with van der Waals surface area (Å²) in [5, 5.41) is 13.8. The van der Waals surface area contributed by atoms with Crippen LogP contribution in [-0.4, -0.2) is 20.9 Å². The first-order chi connectivity index (χ1) is 9.47. The minimum Gasteiger partial charge on any atom is -0.478 e. The van der Waals surface area contributed by atoms with E-state index in [1.807, 2.05) is 31.5 Å². The van der Waals surface area contributed by atoms with Crippen molar-refractivity contribution in [2.24, 2.45) is 0 Å². The second-order valence-corrected chi connectivity index (χ2v) is 5.05. The van der Waals surface area contributed by atoms with Crippen LogP contribution in [0, 0.1) is 20.8 Å². The van der Waals surface area contributed by atoms with Gasteiger partial charge in [-0.3, -0.25) is 4.68 Å². The van der Waals surface area contributed by atoms with Crippen molar-refractivity contribution in [3.63, 3.8) is 0 Å². The maximum atomic E-state index is 11.3. The Bertz CT molecular complexity index is 657. The molecule has 0 saturated heterocycles. The van der Waals surface area contributed by atoms with E-state index in [4.69, 9.17) is 0 Å². The van der Waals surface area contributed by atoms with Crippen molar-refractivity contribution in [1.82, 2.24) is 9.78 Å². The first-order valence-corrected chi connectivity index (χ1v) is 6.84. The van der Waals surface area contributed by atoms with Crippen LogP contribution in [0.1, 0.15) is 40.7 Å². The third-order valence-corrected chi connectivity index (χ3v) is 3.65. The third-order valence-electron chi connectivity index (χ3n) is 3.65. The molecule has 1 N–H and O–H groups in total. The summed E-state index contributed by atoms with van der Waals surface area (Å²) in [6.07, 6.45) is 1.02. The van der Waals surface area contributed by atoms with Gasteiger partial charge in [0.15, 0.2) is 0 Å². The standard InChI is InChI=1S/C16H20N2O2/c1-5-9-18-12(4)15(11(3)17-18)13-7-6-8-14(10(13)2)16(19)20/h6-8H,5,9H2,1-4H3,(H,19,20). The van der Waals surface area contributed by atoms with Gasteiger partial charge in [0, 0.05) is 17.8 Å². The summed E-state index contributed by atoms with van der Waals surface area (Å²) in [5.41, 5.74) is 5.20. The lowest BCUT2D eigenvalue weighted by Gasteiger charge is -2.10. The van der Waals surface area contributed by atoms with E-state index in [9.17, 15) is 9.90 Å². The zero-order valence-corrected chi connectivity index (χ0v) is 12.4. The molecule has 1 heterocycles. The molecule has 0 aliphatic carbocycles. The molecular weight excluding hydrogens is 252 g/mol. The summed E-state index contributed by atoms with van der Waals surface area (Å²) in [7, 11) is 0. The third kappa shape index (κ3) is 2.33. The predicted octanol–water partition coefficient (Wildman–Crippen LogP) is 3.58. The highest BCUT2D eigenvalue weighted by molar-refractivity contribution is 5.92. The number of nitrogens with zero attached hydrogens (tertiary/aromatic N) is 2. The Labute approximate surface area is 119 Å². The molecule has 0 fully saturated rings. The SMILES string of the molecule is CCCn1nc(C)c(-c2cccc(C(=O)O)c2C)c1C. The van der Waals surface area contributed by atoms with Gasteiger partial charge < -0.3 is 5.11 Å². The smallest absolute Gasteiger partial charge is 0.335 e. The first kappa shape index (κ1) is 14.3. The van der Waals surface area contributed by atoms with Crippen molar-refractivity contribution in [3.05, 3.63) is 40.7 Å². The van der Waals surface area contributed by atoms with E-state index in [1.165, 1.54) is 0 Å². The molecule has 0 bridgehead atoms. The fourth-order valence-corrected chi connectivity index (χ4v) is 2.65. The summed E-state index contributed by atoms with van der Waals surface area (Å²) in [6, 6.07) is 5.40. The van der Waals surface area contributed by atoms with Gasteiger partial charge in [-0.1, -0.05) is 19.1 Å². The molecule has 106 valence electrons. The second-order valence-electron chi connectivity index (χ2n) is 5.05. The van der Waals surface area contributed by atoms with Gasteiger partial charge in [0.1, 0.15) is 0 Å². The number of carboxylic acids is 1. The molecule has 4 nitrogen and oxygen atoms in total. The summed E-state index contributed by atoms with van der Waals surface area (Å²) < 4.78 is 2.00. The predicted molar refractivity (Wildman–Crippen MR) is 79.1 cm³/mol. The first-order valence-electron chi connectivity index (χ1n) is 6.84. The van der Waals surface area contributed by atoms with Crippen LogP contribution in [0.3, 0.4) is 0 Å². The fraction of sp³-hybridized carbons (Fsp3) is 0.375. The van der Waals surface area contributed by atoms with E-state index in [2.05, 4.69) is 12.0 Å². The highest BCUT2D eigenvalue weighted by Crippen LogP contribution is 2.31. The fourth-order valence-electron chi connectivity index (χ4n) is 2.65. The molecule has 0 aliphatic heterocycles. The monoisotopic (exact) mass is 272 g/mol. The molecule has 0 aliphatic rings. The summed E-state index contributed by atoms with van der Waals surface area (Å²) >= 11 is 0. The van der Waals surface area contributed by atoms with Crippen molar-refractivity contribution < 1.29 is 9.90 Å². The average molecular weight is 272 g/mol. The van der Waals surface area contributed by atoms with E-state index < -0.39 is 5.97 Å². The molecule has 0 unspecified atom stereocenters. The summed E-state index contributed by atoms with van der Waals surface area (Å²) in [6.45, 7) is 8.87. The highest BCUT2D eigenvalue weighted by Gasteiger charge is 2.17. The molecular formula is C16H20N2O2. The van der Waals surface area contributed by atoms with Crippen LogP contribution in [0.5, 0.6) is 0 Å². The Morgan fingerprint density at radius 3 is 2.60 bits per heavy atom. The van der Waals surface area contributed by atoms with Gasteiger partial charge >= 0.3 is 5.97 Å². The largest absolute Gasteiger partial charge is 0.478 e. The number of benzene rings is 1. The van der Waals surface area contributed by atoms with Crippen LogP contribution in [0.25, 0.3) is 11.1 Å². The summed E-state index contributed by atoms with van der Waals surface area (Å²) in [5.74, 6) is -0.888. The number of hydrogen-bond acceptors (Lipinski definition) is 2. The topological polar surface area (TPSA) is 55.1 Å². The van der Waals surface area contributed by atoms with Crippen molar-refractivity contribution in [1.29, 1.82) is 0 Å². The number of aromatic nitrogens is 2. The lowest BCUT2D eigenvalue weighted by atomic mass is 9.95. The lowest BCUT2D eigenvalue weighted by molar-refractivity contribution is 0.0696. The van der Waals surface area contributed by atoms with Crippen LogP contribution in [0.2, 0.25) is 0 Å². The van der Waals surface area contributed by atoms with E-state index in [-0.39, 0.29) is 0 Å². The minimum atomic E-state index is -0.888. The molecule has 0 spiro atoms. The van der Waals surface area contributed by atoms with Gasteiger partial charge in [0.2, 0.25) is 0 Å². The number of rotatable bonds is 4. The van der Waals surface area contributed by atoms with Crippen LogP contribution in [0.15, 0.2) is 18.2 Å². The highest BCUT2D eigenvalue weighted by atomic mass is 16.4. The van der Waals surface area contributed by atoms with Crippen LogP contribution < -0.4 is 0 Å². The van der Waals surface area contributed by atoms with E-state index in [0.717, 1.165) is 41.0 Å². The zero-order valence-electron chi connectivity index (χ0n) is 12.4. The minimum absolute atomic E-state index is 0.351. The van der Waals surface area contributed by atoms with Crippen molar-refractivity contribution >= 4 is 5.97 Å². The second kappa shape index (κ2) is 5.49. The van der Waals surface area contributed by atoms with Crippen molar-refractivity contribution in [2.75, 3.05) is 0 Å². The van der Waals surface area contributed by atoms with E-state index in [0.29, 0.717) is 5.56 Å². The van der Waals surface area contributed by atoms with Crippen molar-refractivity contribution in [2.45, 2.75) is 40.7 Å². The van der Waals surface area contributed by atoms with Gasteiger partial charge in [-0.2, -0.15) is 5.10 Å². The van der Waals surface area contributed by atoms with Gasteiger partial charge in [0.25, 0.3) is 0 Å². The molecule has 0 atom stereocenters. The Morgan fingerprint density at radius 2 is 2.00 bits per heavy atom.